The first-order chi connectivity index (χ1) is 10.2. The van der Waals surface area contributed by atoms with Gasteiger partial charge in [-0.15, -0.1) is 0 Å². The Bertz CT molecular complexity index is 835. The maximum absolute atomic E-state index is 10.2. The van der Waals surface area contributed by atoms with E-state index in [-0.39, 0.29) is 17.6 Å². The second-order valence-electron chi connectivity index (χ2n) is 4.29. The SMILES string of the molecule is [C-]#[N+]c1ccc(O)c(-c2nc(N)no2)c1-c1ccccc1. The van der Waals surface area contributed by atoms with E-state index >= 15 is 0 Å². The Kier molecular flexibility index (Phi) is 3.01. The Morgan fingerprint density at radius 2 is 1.86 bits per heavy atom. The van der Waals surface area contributed by atoms with Crippen LogP contribution in [0, 0.1) is 6.57 Å². The van der Waals surface area contributed by atoms with Crippen LogP contribution in [0.3, 0.4) is 0 Å². The number of benzene rings is 2. The molecule has 2 aromatic carbocycles. The number of anilines is 1. The van der Waals surface area contributed by atoms with Crippen molar-refractivity contribution in [3.63, 3.8) is 0 Å². The number of hydrogen-bond acceptors (Lipinski definition) is 5. The molecule has 0 spiro atoms. The van der Waals surface area contributed by atoms with Crippen LogP contribution in [0.2, 0.25) is 0 Å². The molecule has 0 fully saturated rings. The molecule has 3 aromatic rings. The van der Waals surface area contributed by atoms with Crippen molar-refractivity contribution >= 4 is 11.6 Å². The van der Waals surface area contributed by atoms with Crippen molar-refractivity contribution in [3.8, 4) is 28.3 Å². The molecule has 0 aliphatic rings. The second-order valence-corrected chi connectivity index (χ2v) is 4.29. The number of nitrogen functional groups attached to an aromatic ring is 1. The van der Waals surface area contributed by atoms with E-state index in [1.807, 2.05) is 30.3 Å². The molecule has 0 radical (unpaired) electrons. The Hall–Kier alpha value is -3.33. The zero-order valence-corrected chi connectivity index (χ0v) is 10.8. The zero-order valence-electron chi connectivity index (χ0n) is 10.8. The number of aromatic nitrogens is 2. The molecule has 0 unspecified atom stereocenters. The highest BCUT2D eigenvalue weighted by Gasteiger charge is 2.21. The van der Waals surface area contributed by atoms with E-state index in [0.29, 0.717) is 16.8 Å². The first-order valence-corrected chi connectivity index (χ1v) is 6.09. The van der Waals surface area contributed by atoms with Crippen molar-refractivity contribution in [2.75, 3.05) is 5.73 Å². The highest BCUT2D eigenvalue weighted by atomic mass is 16.5. The molecule has 6 nitrogen and oxygen atoms in total. The van der Waals surface area contributed by atoms with Gasteiger partial charge in [0.1, 0.15) is 5.75 Å². The van der Waals surface area contributed by atoms with Gasteiger partial charge in [0.2, 0.25) is 0 Å². The first-order valence-electron chi connectivity index (χ1n) is 6.09. The van der Waals surface area contributed by atoms with E-state index in [4.69, 9.17) is 16.8 Å². The largest absolute Gasteiger partial charge is 0.507 e. The van der Waals surface area contributed by atoms with Crippen LogP contribution in [0.5, 0.6) is 5.75 Å². The molecule has 21 heavy (non-hydrogen) atoms. The van der Waals surface area contributed by atoms with Gasteiger partial charge in [-0.05, 0) is 16.8 Å². The number of aromatic hydroxyl groups is 1. The molecule has 1 aromatic heterocycles. The van der Waals surface area contributed by atoms with Crippen LogP contribution in [0.4, 0.5) is 11.6 Å². The summed E-state index contributed by atoms with van der Waals surface area (Å²) in [5.74, 6) is -0.00381. The minimum absolute atomic E-state index is 0.0309. The van der Waals surface area contributed by atoms with E-state index in [1.165, 1.54) is 6.07 Å². The Morgan fingerprint density at radius 3 is 2.48 bits per heavy atom. The molecule has 0 bridgehead atoms. The zero-order chi connectivity index (χ0) is 14.8. The van der Waals surface area contributed by atoms with E-state index in [1.54, 1.807) is 6.07 Å². The summed E-state index contributed by atoms with van der Waals surface area (Å²) in [6.07, 6.45) is 0. The van der Waals surface area contributed by atoms with Gasteiger partial charge in [0, 0.05) is 5.56 Å². The smallest absolute Gasteiger partial charge is 0.262 e. The Labute approximate surface area is 120 Å². The lowest BCUT2D eigenvalue weighted by Crippen LogP contribution is -1.89. The predicted octanol–water partition coefficient (Wildman–Crippen LogP) is 3.24. The van der Waals surface area contributed by atoms with Gasteiger partial charge in [-0.2, -0.15) is 4.98 Å². The van der Waals surface area contributed by atoms with Crippen LogP contribution in [0.15, 0.2) is 47.0 Å². The number of hydrogen-bond donors (Lipinski definition) is 2. The van der Waals surface area contributed by atoms with E-state index in [9.17, 15) is 5.11 Å². The molecule has 3 rings (SSSR count). The van der Waals surface area contributed by atoms with Gasteiger partial charge in [0.15, 0.2) is 5.69 Å². The van der Waals surface area contributed by atoms with Gasteiger partial charge in [0.25, 0.3) is 11.8 Å². The van der Waals surface area contributed by atoms with E-state index in [0.717, 1.165) is 5.56 Å². The summed E-state index contributed by atoms with van der Waals surface area (Å²) >= 11 is 0. The van der Waals surface area contributed by atoms with Crippen molar-refractivity contribution < 1.29 is 9.63 Å². The third kappa shape index (κ3) is 2.17. The summed E-state index contributed by atoms with van der Waals surface area (Å²) in [4.78, 5) is 7.44. The molecule has 0 aliphatic heterocycles. The molecular weight excluding hydrogens is 268 g/mol. The average molecular weight is 278 g/mol. The number of phenolic OH excluding ortho intramolecular Hbond substituents is 1. The second kappa shape index (κ2) is 4.98. The minimum atomic E-state index is -0.0510. The highest BCUT2D eigenvalue weighted by molar-refractivity contribution is 5.93. The standard InChI is InChI=1S/C15H10N4O2/c1-17-10-7-8-11(20)13(14-18-15(16)19-21-14)12(10)9-5-3-2-4-6-9/h2-8,20H,(H2,16,19). The molecule has 102 valence electrons. The fourth-order valence-electron chi connectivity index (χ4n) is 2.12. The molecular formula is C15H10N4O2. The van der Waals surface area contributed by atoms with Crippen molar-refractivity contribution in [2.45, 2.75) is 0 Å². The van der Waals surface area contributed by atoms with Gasteiger partial charge < -0.3 is 15.4 Å². The molecule has 0 amide bonds. The monoisotopic (exact) mass is 278 g/mol. The summed E-state index contributed by atoms with van der Waals surface area (Å²) in [5.41, 5.74) is 7.46. The molecule has 0 aliphatic carbocycles. The van der Waals surface area contributed by atoms with Crippen LogP contribution in [0.25, 0.3) is 27.4 Å². The van der Waals surface area contributed by atoms with Crippen LogP contribution in [0.1, 0.15) is 0 Å². The van der Waals surface area contributed by atoms with E-state index < -0.39 is 0 Å². The quantitative estimate of drug-likeness (QED) is 0.702. The predicted molar refractivity (Wildman–Crippen MR) is 77.5 cm³/mol. The summed E-state index contributed by atoms with van der Waals surface area (Å²) < 4.78 is 5.04. The topological polar surface area (TPSA) is 89.5 Å². The molecule has 0 saturated heterocycles. The Balaban J connectivity index is 2.36. The third-order valence-corrected chi connectivity index (χ3v) is 3.00. The van der Waals surface area contributed by atoms with Crippen molar-refractivity contribution in [2.24, 2.45) is 0 Å². The maximum Gasteiger partial charge on any atom is 0.262 e. The summed E-state index contributed by atoms with van der Waals surface area (Å²) in [6.45, 7) is 7.32. The van der Waals surface area contributed by atoms with E-state index in [2.05, 4.69) is 15.0 Å². The number of nitrogens with zero attached hydrogens (tertiary/aromatic N) is 3. The van der Waals surface area contributed by atoms with Crippen LogP contribution >= 0.6 is 0 Å². The van der Waals surface area contributed by atoms with Gasteiger partial charge in [-0.3, -0.25) is 0 Å². The van der Waals surface area contributed by atoms with Crippen LogP contribution < -0.4 is 5.73 Å². The number of nitrogens with two attached hydrogens (primary N) is 1. The number of rotatable bonds is 2. The molecule has 0 atom stereocenters. The summed E-state index contributed by atoms with van der Waals surface area (Å²) in [5, 5.41) is 13.7. The molecule has 1 heterocycles. The lowest BCUT2D eigenvalue weighted by atomic mass is 9.97. The summed E-state index contributed by atoms with van der Waals surface area (Å²) in [7, 11) is 0. The fourth-order valence-corrected chi connectivity index (χ4v) is 2.12. The van der Waals surface area contributed by atoms with Crippen molar-refractivity contribution in [1.29, 1.82) is 0 Å². The van der Waals surface area contributed by atoms with Gasteiger partial charge in [-0.1, -0.05) is 36.4 Å². The average Bonchev–Trinajstić information content (AvgIpc) is 2.94. The van der Waals surface area contributed by atoms with Crippen molar-refractivity contribution in [3.05, 3.63) is 53.9 Å². The van der Waals surface area contributed by atoms with Gasteiger partial charge in [-0.25, -0.2) is 4.85 Å². The molecule has 0 saturated carbocycles. The fraction of sp³-hybridized carbons (Fsp3) is 0. The molecule has 3 N–H and O–H groups in total. The Morgan fingerprint density at radius 1 is 1.10 bits per heavy atom. The lowest BCUT2D eigenvalue weighted by molar-refractivity contribution is 0.426. The summed E-state index contributed by atoms with van der Waals surface area (Å²) in [6, 6.07) is 12.2. The van der Waals surface area contributed by atoms with Crippen LogP contribution in [-0.4, -0.2) is 15.2 Å². The van der Waals surface area contributed by atoms with Crippen molar-refractivity contribution in [1.82, 2.24) is 10.1 Å². The third-order valence-electron chi connectivity index (χ3n) is 3.00. The minimum Gasteiger partial charge on any atom is -0.507 e. The van der Waals surface area contributed by atoms with Gasteiger partial charge in [0.05, 0.1) is 12.1 Å². The van der Waals surface area contributed by atoms with Crippen LogP contribution in [-0.2, 0) is 0 Å². The lowest BCUT2D eigenvalue weighted by Gasteiger charge is -2.10. The highest BCUT2D eigenvalue weighted by Crippen LogP contribution is 2.43. The first kappa shape index (κ1) is 12.7. The maximum atomic E-state index is 10.2. The van der Waals surface area contributed by atoms with Gasteiger partial charge >= 0.3 is 0 Å². The number of phenols is 1. The molecule has 6 heteroatoms. The normalized spacial score (nSPS) is 10.2.